The molecule has 1 aromatic heterocycles. The molecular formula is C16H23N3O2. The Hall–Kier alpha value is -1.49. The van der Waals surface area contributed by atoms with Crippen molar-refractivity contribution in [1.82, 2.24) is 14.9 Å². The average molecular weight is 289 g/mol. The number of carbonyl (C=O) groups is 1. The van der Waals surface area contributed by atoms with Gasteiger partial charge >= 0.3 is 0 Å². The maximum absolute atomic E-state index is 11.7. The van der Waals surface area contributed by atoms with E-state index >= 15 is 0 Å². The largest absolute Gasteiger partial charge is 0.387 e. The van der Waals surface area contributed by atoms with Crippen molar-refractivity contribution in [2.24, 2.45) is 17.8 Å². The first kappa shape index (κ1) is 14.4. The minimum absolute atomic E-state index is 0.124. The Morgan fingerprint density at radius 1 is 1.43 bits per heavy atom. The highest BCUT2D eigenvalue weighted by molar-refractivity contribution is 5.77. The number of carbonyl (C=O) groups excluding carboxylic acids is 1. The first-order valence-corrected chi connectivity index (χ1v) is 7.84. The van der Waals surface area contributed by atoms with Crippen LogP contribution in [0.1, 0.15) is 30.8 Å². The maximum atomic E-state index is 11.7. The number of hydrogen-bond donors (Lipinski definition) is 1. The van der Waals surface area contributed by atoms with Crippen LogP contribution >= 0.6 is 0 Å². The number of likely N-dealkylation sites (tertiary alicyclic amines) is 1. The van der Waals surface area contributed by atoms with Crippen LogP contribution in [-0.4, -0.2) is 45.6 Å². The minimum Gasteiger partial charge on any atom is -0.387 e. The van der Waals surface area contributed by atoms with Crippen molar-refractivity contribution >= 4 is 5.91 Å². The Balaban J connectivity index is 1.70. The third kappa shape index (κ3) is 3.07. The molecule has 1 saturated carbocycles. The van der Waals surface area contributed by atoms with Crippen molar-refractivity contribution in [1.29, 1.82) is 0 Å². The van der Waals surface area contributed by atoms with Crippen LogP contribution in [-0.2, 0) is 11.2 Å². The zero-order valence-electron chi connectivity index (χ0n) is 12.5. The van der Waals surface area contributed by atoms with Crippen molar-refractivity contribution in [3.8, 4) is 0 Å². The van der Waals surface area contributed by atoms with Crippen molar-refractivity contribution in [3.05, 3.63) is 23.8 Å². The number of nitrogens with zero attached hydrogens (tertiary/aromatic N) is 3. The van der Waals surface area contributed by atoms with Gasteiger partial charge in [0, 0.05) is 25.0 Å². The van der Waals surface area contributed by atoms with Crippen LogP contribution in [0.3, 0.4) is 0 Å². The molecular weight excluding hydrogens is 266 g/mol. The molecule has 5 nitrogen and oxygen atoms in total. The van der Waals surface area contributed by atoms with Crippen molar-refractivity contribution in [2.45, 2.75) is 32.6 Å². The minimum atomic E-state index is -0.366. The molecule has 2 heterocycles. The summed E-state index contributed by atoms with van der Waals surface area (Å²) in [5.41, 5.74) is 1.11. The highest BCUT2D eigenvalue weighted by Crippen LogP contribution is 2.41. The Labute approximate surface area is 125 Å². The summed E-state index contributed by atoms with van der Waals surface area (Å²) in [4.78, 5) is 22.2. The molecule has 5 heteroatoms. The fourth-order valence-corrected chi connectivity index (χ4v) is 4.04. The predicted molar refractivity (Wildman–Crippen MR) is 78.5 cm³/mol. The third-order valence-electron chi connectivity index (χ3n) is 5.04. The van der Waals surface area contributed by atoms with Crippen molar-refractivity contribution in [3.63, 3.8) is 0 Å². The molecule has 0 spiro atoms. The lowest BCUT2D eigenvalue weighted by atomic mass is 9.72. The van der Waals surface area contributed by atoms with Crippen LogP contribution in [0.2, 0.25) is 0 Å². The van der Waals surface area contributed by atoms with Gasteiger partial charge in [-0.25, -0.2) is 9.97 Å². The van der Waals surface area contributed by atoms with Gasteiger partial charge in [0.15, 0.2) is 0 Å². The molecule has 0 radical (unpaired) electrons. The molecule has 114 valence electrons. The molecule has 0 unspecified atom stereocenters. The Kier molecular flexibility index (Phi) is 4.19. The van der Waals surface area contributed by atoms with Crippen LogP contribution in [0.15, 0.2) is 12.3 Å². The molecule has 1 amide bonds. The molecule has 3 rings (SSSR count). The highest BCUT2D eigenvalue weighted by atomic mass is 16.3. The van der Waals surface area contributed by atoms with Gasteiger partial charge < -0.3 is 10.0 Å². The van der Waals surface area contributed by atoms with E-state index in [-0.39, 0.29) is 12.5 Å². The van der Waals surface area contributed by atoms with Gasteiger partial charge in [0.2, 0.25) is 5.91 Å². The van der Waals surface area contributed by atoms with Gasteiger partial charge in [0.25, 0.3) is 0 Å². The number of aliphatic hydroxyl groups excluding tert-OH is 1. The van der Waals surface area contributed by atoms with E-state index in [9.17, 15) is 4.79 Å². The summed E-state index contributed by atoms with van der Waals surface area (Å²) in [5, 5.41) is 9.05. The van der Waals surface area contributed by atoms with Gasteiger partial charge in [-0.05, 0) is 50.0 Å². The molecule has 0 bridgehead atoms. The normalized spacial score (nSPS) is 28.5. The van der Waals surface area contributed by atoms with E-state index < -0.39 is 0 Å². The Morgan fingerprint density at radius 2 is 2.29 bits per heavy atom. The van der Waals surface area contributed by atoms with Crippen LogP contribution < -0.4 is 0 Å². The van der Waals surface area contributed by atoms with Crippen LogP contribution in [0.4, 0.5) is 0 Å². The number of aromatic nitrogens is 2. The number of amides is 1. The number of rotatable bonds is 3. The van der Waals surface area contributed by atoms with Gasteiger partial charge in [-0.15, -0.1) is 0 Å². The fourth-order valence-electron chi connectivity index (χ4n) is 4.04. The van der Waals surface area contributed by atoms with Gasteiger partial charge in [-0.2, -0.15) is 0 Å². The summed E-state index contributed by atoms with van der Waals surface area (Å²) >= 11 is 0. The van der Waals surface area contributed by atoms with E-state index in [1.807, 2.05) is 24.1 Å². The first-order valence-electron chi connectivity index (χ1n) is 7.84. The monoisotopic (exact) mass is 289 g/mol. The Morgan fingerprint density at radius 3 is 3.05 bits per heavy atom. The summed E-state index contributed by atoms with van der Waals surface area (Å²) in [5.74, 6) is 2.45. The van der Waals surface area contributed by atoms with E-state index in [1.54, 1.807) is 0 Å². The standard InChI is InChI=1S/C16H23N3O2/c1-11-17-6-5-14(18-11)7-12-3-2-4-13-8-19(9-15(12)13)16(21)10-20/h5-6,12-13,15,20H,2-4,7-10H2,1H3/t12-,13-,15-/m1/s1. The molecule has 1 aliphatic heterocycles. The average Bonchev–Trinajstić information content (AvgIpc) is 2.92. The second-order valence-corrected chi connectivity index (χ2v) is 6.37. The summed E-state index contributed by atoms with van der Waals surface area (Å²) in [6, 6.07) is 2.00. The molecule has 1 aliphatic carbocycles. The van der Waals surface area contributed by atoms with E-state index in [0.717, 1.165) is 31.0 Å². The molecule has 2 aliphatic rings. The molecule has 3 atom stereocenters. The lowest BCUT2D eigenvalue weighted by Crippen LogP contribution is -2.32. The summed E-state index contributed by atoms with van der Waals surface area (Å²) in [6.45, 7) is 3.18. The van der Waals surface area contributed by atoms with Gasteiger partial charge in [0.05, 0.1) is 0 Å². The molecule has 2 fully saturated rings. The van der Waals surface area contributed by atoms with Crippen LogP contribution in [0, 0.1) is 24.7 Å². The highest BCUT2D eigenvalue weighted by Gasteiger charge is 2.41. The molecule has 21 heavy (non-hydrogen) atoms. The number of aryl methyl sites for hydroxylation is 1. The van der Waals surface area contributed by atoms with Crippen LogP contribution in [0.25, 0.3) is 0 Å². The first-order chi connectivity index (χ1) is 10.2. The van der Waals surface area contributed by atoms with Crippen molar-refractivity contribution in [2.75, 3.05) is 19.7 Å². The summed E-state index contributed by atoms with van der Waals surface area (Å²) in [7, 11) is 0. The summed E-state index contributed by atoms with van der Waals surface area (Å²) < 4.78 is 0. The smallest absolute Gasteiger partial charge is 0.248 e. The van der Waals surface area contributed by atoms with E-state index in [4.69, 9.17) is 5.11 Å². The third-order valence-corrected chi connectivity index (χ3v) is 5.04. The zero-order valence-corrected chi connectivity index (χ0v) is 12.5. The Bertz CT molecular complexity index is 520. The second kappa shape index (κ2) is 6.10. The quantitative estimate of drug-likeness (QED) is 0.908. The van der Waals surface area contributed by atoms with Gasteiger partial charge in [0.1, 0.15) is 12.4 Å². The van der Waals surface area contributed by atoms with E-state index in [1.165, 1.54) is 19.3 Å². The fraction of sp³-hybridized carbons (Fsp3) is 0.688. The lowest BCUT2D eigenvalue weighted by molar-refractivity contribution is -0.133. The van der Waals surface area contributed by atoms with Crippen molar-refractivity contribution < 1.29 is 9.90 Å². The molecule has 1 saturated heterocycles. The number of fused-ring (bicyclic) bond motifs is 1. The maximum Gasteiger partial charge on any atom is 0.248 e. The molecule has 1 N–H and O–H groups in total. The van der Waals surface area contributed by atoms with Gasteiger partial charge in [-0.3, -0.25) is 4.79 Å². The van der Waals surface area contributed by atoms with E-state index in [2.05, 4.69) is 9.97 Å². The zero-order chi connectivity index (χ0) is 14.8. The predicted octanol–water partition coefficient (Wildman–Crippen LogP) is 1.19. The molecule has 1 aromatic rings. The second-order valence-electron chi connectivity index (χ2n) is 6.37. The van der Waals surface area contributed by atoms with Crippen LogP contribution in [0.5, 0.6) is 0 Å². The number of aliphatic hydroxyl groups is 1. The lowest BCUT2D eigenvalue weighted by Gasteiger charge is -2.32. The van der Waals surface area contributed by atoms with Gasteiger partial charge in [-0.1, -0.05) is 6.42 Å². The van der Waals surface area contributed by atoms with E-state index in [0.29, 0.717) is 17.8 Å². The molecule has 0 aromatic carbocycles. The topological polar surface area (TPSA) is 66.3 Å². The summed E-state index contributed by atoms with van der Waals surface area (Å²) in [6.07, 6.45) is 6.46. The SMILES string of the molecule is Cc1nccc(C[C@H]2CCC[C@@H]3CN(C(=O)CO)C[C@H]23)n1. The number of hydrogen-bond acceptors (Lipinski definition) is 4.